The number of benzene rings is 1. The monoisotopic (exact) mass is 440 g/mol. The van der Waals surface area contributed by atoms with Gasteiger partial charge in [0.15, 0.2) is 3.41 Å². The van der Waals surface area contributed by atoms with E-state index in [0.717, 1.165) is 29.8 Å². The van der Waals surface area contributed by atoms with Crippen molar-refractivity contribution in [1.82, 2.24) is 0 Å². The van der Waals surface area contributed by atoms with Gasteiger partial charge in [-0.3, -0.25) is 4.79 Å². The molecule has 0 amide bonds. The van der Waals surface area contributed by atoms with E-state index in [2.05, 4.69) is 18.2 Å². The van der Waals surface area contributed by atoms with Crippen molar-refractivity contribution >= 4 is 75.7 Å². The number of fused-ring (bicyclic) bond motifs is 1. The first-order chi connectivity index (χ1) is 12.2. The number of nitrogens with zero attached hydrogens (tertiary/aromatic N) is 2. The molecule has 2 heterocycles. The summed E-state index contributed by atoms with van der Waals surface area (Å²) < 4.78 is 1.64. The van der Waals surface area contributed by atoms with Gasteiger partial charge >= 0.3 is 0 Å². The number of hydrogen-bond donors (Lipinski definition) is 0. The van der Waals surface area contributed by atoms with Gasteiger partial charge in [0.2, 0.25) is 5.12 Å². The number of nitriles is 2. The highest BCUT2D eigenvalue weighted by molar-refractivity contribution is 8.48. The van der Waals surface area contributed by atoms with Crippen LogP contribution in [0, 0.1) is 22.7 Å². The molecule has 0 unspecified atom stereocenters. The molecule has 2 aliphatic rings. The molecule has 25 heavy (non-hydrogen) atoms. The Kier molecular flexibility index (Phi) is 7.07. The molecule has 0 atom stereocenters. The molecule has 0 radical (unpaired) electrons. The summed E-state index contributed by atoms with van der Waals surface area (Å²) in [6.45, 7) is 0. The third-order valence-corrected chi connectivity index (χ3v) is 12.3. The van der Waals surface area contributed by atoms with Crippen molar-refractivity contribution in [2.45, 2.75) is 26.0 Å². The Morgan fingerprint density at radius 1 is 0.920 bits per heavy atom. The fourth-order valence-electron chi connectivity index (χ4n) is 2.00. The zero-order chi connectivity index (χ0) is 17.7. The first-order valence-corrected chi connectivity index (χ1v) is 12.5. The van der Waals surface area contributed by atoms with Gasteiger partial charge in [-0.2, -0.15) is 10.5 Å². The summed E-state index contributed by atoms with van der Waals surface area (Å²) >= 11 is 9.44. The summed E-state index contributed by atoms with van der Waals surface area (Å²) in [7, 11) is 0. The summed E-state index contributed by atoms with van der Waals surface area (Å²) in [6.07, 6.45) is 0.975. The number of rotatable bonds is 6. The van der Waals surface area contributed by atoms with E-state index < -0.39 is 3.41 Å². The first kappa shape index (κ1) is 19.5. The van der Waals surface area contributed by atoms with Gasteiger partial charge in [0, 0.05) is 34.1 Å². The lowest BCUT2D eigenvalue weighted by Crippen LogP contribution is -2.25. The zero-order valence-electron chi connectivity index (χ0n) is 12.9. The van der Waals surface area contributed by atoms with Gasteiger partial charge in [-0.05, 0) is 23.9 Å². The molecular weight excluding hydrogens is 429 g/mol. The molecule has 0 N–H and O–H groups in total. The van der Waals surface area contributed by atoms with Crippen LogP contribution in [0.1, 0.15) is 12.8 Å². The second-order valence-corrected chi connectivity index (χ2v) is 13.0. The number of carbonyl (C=O) groups excluding carboxylic acids is 1. The van der Waals surface area contributed by atoms with Crippen LogP contribution in [0.15, 0.2) is 42.5 Å². The average Bonchev–Trinajstić information content (AvgIpc) is 2.95. The second kappa shape index (κ2) is 9.07. The third kappa shape index (κ3) is 4.52. The predicted molar refractivity (Wildman–Crippen MR) is 113 cm³/mol. The molecule has 1 aromatic rings. The van der Waals surface area contributed by atoms with Gasteiger partial charge in [-0.25, -0.2) is 0 Å². The van der Waals surface area contributed by atoms with E-state index in [0.29, 0.717) is 12.8 Å². The fraction of sp³-hybridized carbons (Fsp3) is 0.312. The molecule has 0 aromatic heterocycles. The van der Waals surface area contributed by atoms with E-state index in [-0.39, 0.29) is 5.12 Å². The number of hydrogen-bond acceptors (Lipinski definition) is 9. The minimum Gasteiger partial charge on any atom is -0.283 e. The number of thioether (sulfide) groups is 6. The molecule has 1 aromatic carbocycles. The highest BCUT2D eigenvalue weighted by Crippen LogP contribution is 2.70. The van der Waals surface area contributed by atoms with Crippen molar-refractivity contribution in [1.29, 1.82) is 10.5 Å². The van der Waals surface area contributed by atoms with Crippen LogP contribution < -0.4 is 0 Å². The Morgan fingerprint density at radius 2 is 1.48 bits per heavy atom. The normalized spacial score (nSPS) is 18.1. The Bertz CT molecular complexity index is 763. The SMILES string of the molecule is N#CCCSC1=C(SCCC#N)SC2(S1)Sc1ccccc1SC2=O. The Hall–Kier alpha value is -0.290. The zero-order valence-corrected chi connectivity index (χ0v) is 17.8. The molecule has 0 aliphatic carbocycles. The summed E-state index contributed by atoms with van der Waals surface area (Å²) in [6, 6.07) is 12.3. The van der Waals surface area contributed by atoms with Crippen LogP contribution in [0.3, 0.4) is 0 Å². The van der Waals surface area contributed by atoms with Crippen molar-refractivity contribution < 1.29 is 4.79 Å². The summed E-state index contributed by atoms with van der Waals surface area (Å²) in [5.41, 5.74) is 0. The van der Waals surface area contributed by atoms with Crippen LogP contribution in [0.4, 0.5) is 0 Å². The van der Waals surface area contributed by atoms with E-state index >= 15 is 0 Å². The molecule has 3 nitrogen and oxygen atoms in total. The standard InChI is InChI=1S/C16H12N2OS6/c17-7-3-9-20-13-14(21-10-4-8-18)25-16(24-13)15(19)22-11-5-1-2-6-12(11)23-16/h1-2,5-6H,3-4,9-10H2. The van der Waals surface area contributed by atoms with Gasteiger partial charge < -0.3 is 0 Å². The van der Waals surface area contributed by atoms with Crippen LogP contribution in [0.25, 0.3) is 0 Å². The van der Waals surface area contributed by atoms with E-state index in [4.69, 9.17) is 10.5 Å². The molecule has 0 fully saturated rings. The quantitative estimate of drug-likeness (QED) is 0.498. The van der Waals surface area contributed by atoms with Crippen molar-refractivity contribution in [2.24, 2.45) is 0 Å². The Balaban J connectivity index is 1.79. The van der Waals surface area contributed by atoms with Crippen molar-refractivity contribution in [2.75, 3.05) is 11.5 Å². The highest BCUT2D eigenvalue weighted by Gasteiger charge is 2.51. The largest absolute Gasteiger partial charge is 0.283 e. The molecule has 1 spiro atoms. The molecule has 0 bridgehead atoms. The molecule has 9 heteroatoms. The molecule has 0 saturated carbocycles. The smallest absolute Gasteiger partial charge is 0.231 e. The average molecular weight is 441 g/mol. The minimum atomic E-state index is -0.594. The minimum absolute atomic E-state index is 0.153. The summed E-state index contributed by atoms with van der Waals surface area (Å²) in [5, 5.41) is 17.7. The Morgan fingerprint density at radius 3 is 2.04 bits per heavy atom. The van der Waals surface area contributed by atoms with Gasteiger partial charge in [-0.1, -0.05) is 47.4 Å². The molecule has 2 aliphatic heterocycles. The second-order valence-electron chi connectivity index (χ2n) is 4.79. The predicted octanol–water partition coefficient (Wildman–Crippen LogP) is 5.97. The van der Waals surface area contributed by atoms with Crippen LogP contribution in [0.2, 0.25) is 0 Å². The van der Waals surface area contributed by atoms with Crippen molar-refractivity contribution in [3.63, 3.8) is 0 Å². The molecular formula is C16H12N2OS6. The third-order valence-electron chi connectivity index (χ3n) is 3.06. The topological polar surface area (TPSA) is 64.7 Å². The van der Waals surface area contributed by atoms with Crippen LogP contribution in [-0.2, 0) is 4.79 Å². The number of carbonyl (C=O) groups is 1. The van der Waals surface area contributed by atoms with Gasteiger partial charge in [0.25, 0.3) is 0 Å². The van der Waals surface area contributed by atoms with Gasteiger partial charge in [0.05, 0.1) is 20.6 Å². The van der Waals surface area contributed by atoms with Gasteiger partial charge in [0.1, 0.15) is 0 Å². The van der Waals surface area contributed by atoms with E-state index in [1.54, 1.807) is 58.8 Å². The van der Waals surface area contributed by atoms with Crippen LogP contribution >= 0.6 is 70.6 Å². The lowest BCUT2D eigenvalue weighted by molar-refractivity contribution is -0.109. The van der Waals surface area contributed by atoms with Crippen LogP contribution in [0.5, 0.6) is 0 Å². The lowest BCUT2D eigenvalue weighted by Gasteiger charge is -2.30. The highest BCUT2D eigenvalue weighted by atomic mass is 32.3. The van der Waals surface area contributed by atoms with Crippen molar-refractivity contribution in [3.8, 4) is 12.1 Å². The Labute approximate surface area is 172 Å². The summed E-state index contributed by atoms with van der Waals surface area (Å²) in [4.78, 5) is 15.0. The van der Waals surface area contributed by atoms with Gasteiger partial charge in [-0.15, -0.1) is 23.5 Å². The first-order valence-electron chi connectivity index (χ1n) is 7.30. The van der Waals surface area contributed by atoms with Crippen LogP contribution in [-0.4, -0.2) is 20.0 Å². The van der Waals surface area contributed by atoms with E-state index in [9.17, 15) is 4.79 Å². The lowest BCUT2D eigenvalue weighted by atomic mass is 10.4. The molecule has 0 saturated heterocycles. The molecule has 128 valence electrons. The van der Waals surface area contributed by atoms with Crippen molar-refractivity contribution in [3.05, 3.63) is 32.7 Å². The fourth-order valence-corrected chi connectivity index (χ4v) is 11.7. The van der Waals surface area contributed by atoms with E-state index in [1.165, 1.54) is 11.8 Å². The molecule has 3 rings (SSSR count). The summed E-state index contributed by atoms with van der Waals surface area (Å²) in [5.74, 6) is 1.45. The maximum Gasteiger partial charge on any atom is 0.231 e. The maximum absolute atomic E-state index is 12.9. The van der Waals surface area contributed by atoms with E-state index in [1.807, 2.05) is 18.2 Å². The maximum atomic E-state index is 12.9.